The highest BCUT2D eigenvalue weighted by atomic mass is 32.2. The van der Waals surface area contributed by atoms with Crippen molar-refractivity contribution in [1.82, 2.24) is 9.80 Å². The van der Waals surface area contributed by atoms with Crippen molar-refractivity contribution < 1.29 is 22.1 Å². The van der Waals surface area contributed by atoms with Gasteiger partial charge in [0.1, 0.15) is 5.60 Å². The first-order valence-corrected chi connectivity index (χ1v) is 9.29. The molecule has 1 aliphatic rings. The number of nitrogens with zero attached hydrogens (tertiary/aromatic N) is 2. The zero-order valence-electron chi connectivity index (χ0n) is 14.3. The lowest BCUT2D eigenvalue weighted by Gasteiger charge is -2.44. The smallest absolute Gasteiger partial charge is 0.410 e. The van der Waals surface area contributed by atoms with Gasteiger partial charge in [-0.15, -0.1) is 0 Å². The number of hydrogen-bond acceptors (Lipinski definition) is 6. The maximum absolute atomic E-state index is 12.1. The zero-order valence-corrected chi connectivity index (χ0v) is 15.1. The van der Waals surface area contributed by atoms with E-state index in [4.69, 9.17) is 8.92 Å². The van der Waals surface area contributed by atoms with Crippen molar-refractivity contribution in [3.05, 3.63) is 0 Å². The molecule has 0 saturated carbocycles. The van der Waals surface area contributed by atoms with E-state index in [2.05, 4.69) is 4.90 Å². The summed E-state index contributed by atoms with van der Waals surface area (Å²) in [7, 11) is -3.42. The van der Waals surface area contributed by atoms with Gasteiger partial charge in [-0.2, -0.15) is 8.42 Å². The summed E-state index contributed by atoms with van der Waals surface area (Å²) in [6, 6.07) is 0.221. The summed E-state index contributed by atoms with van der Waals surface area (Å²) in [6.45, 7) is 11.3. The molecule has 2 atom stereocenters. The highest BCUT2D eigenvalue weighted by Gasteiger charge is 2.33. The molecular weight excluding hydrogens is 308 g/mol. The van der Waals surface area contributed by atoms with E-state index in [0.29, 0.717) is 19.6 Å². The summed E-state index contributed by atoms with van der Waals surface area (Å²) in [5.41, 5.74) is -0.510. The summed E-state index contributed by atoms with van der Waals surface area (Å²) in [4.78, 5) is 16.0. The molecule has 2 unspecified atom stereocenters. The first-order chi connectivity index (χ1) is 9.89. The number of rotatable bonds is 4. The predicted octanol–water partition coefficient (Wildman–Crippen LogP) is 1.29. The van der Waals surface area contributed by atoms with Crippen LogP contribution in [0.4, 0.5) is 4.79 Å². The average Bonchev–Trinajstić information content (AvgIpc) is 2.28. The van der Waals surface area contributed by atoms with Gasteiger partial charge >= 0.3 is 6.09 Å². The molecule has 1 rings (SSSR count). The van der Waals surface area contributed by atoms with E-state index in [1.54, 1.807) is 4.90 Å². The molecule has 7 nitrogen and oxygen atoms in total. The number of carbonyl (C=O) groups is 1. The van der Waals surface area contributed by atoms with Crippen LogP contribution in [0.5, 0.6) is 0 Å². The van der Waals surface area contributed by atoms with Crippen LogP contribution >= 0.6 is 0 Å². The standard InChI is InChI=1S/C14H28N2O5S/c1-11-9-15(13(17)21-14(3,4)5)10-12(2)16(11)7-8-20-22(6,18)19/h11-12H,7-10H2,1-6H3. The van der Waals surface area contributed by atoms with Gasteiger partial charge in [0.25, 0.3) is 10.1 Å². The third-order valence-corrected chi connectivity index (χ3v) is 3.99. The summed E-state index contributed by atoms with van der Waals surface area (Å²) in [6.07, 6.45) is 0.735. The van der Waals surface area contributed by atoms with E-state index in [9.17, 15) is 13.2 Å². The van der Waals surface area contributed by atoms with Gasteiger partial charge in [-0.25, -0.2) is 4.79 Å². The third-order valence-electron chi connectivity index (χ3n) is 3.40. The molecular formula is C14H28N2O5S. The molecule has 130 valence electrons. The molecule has 22 heavy (non-hydrogen) atoms. The van der Waals surface area contributed by atoms with E-state index in [1.807, 2.05) is 34.6 Å². The maximum atomic E-state index is 12.1. The van der Waals surface area contributed by atoms with Gasteiger partial charge in [0.2, 0.25) is 0 Å². The minimum Gasteiger partial charge on any atom is -0.444 e. The van der Waals surface area contributed by atoms with Crippen molar-refractivity contribution >= 4 is 16.2 Å². The van der Waals surface area contributed by atoms with Crippen LogP contribution in [0.3, 0.4) is 0 Å². The van der Waals surface area contributed by atoms with E-state index in [0.717, 1.165) is 6.26 Å². The van der Waals surface area contributed by atoms with Gasteiger partial charge in [-0.3, -0.25) is 9.08 Å². The quantitative estimate of drug-likeness (QED) is 0.720. The molecule has 1 heterocycles. The van der Waals surface area contributed by atoms with Crippen LogP contribution < -0.4 is 0 Å². The van der Waals surface area contributed by atoms with Gasteiger partial charge in [0.15, 0.2) is 0 Å². The molecule has 1 fully saturated rings. The minimum absolute atomic E-state index is 0.111. The minimum atomic E-state index is -3.42. The van der Waals surface area contributed by atoms with Gasteiger partial charge in [-0.1, -0.05) is 0 Å². The van der Waals surface area contributed by atoms with Gasteiger partial charge in [0, 0.05) is 31.7 Å². The lowest BCUT2D eigenvalue weighted by molar-refractivity contribution is -0.00975. The monoisotopic (exact) mass is 336 g/mol. The van der Waals surface area contributed by atoms with Crippen LogP contribution in [0.1, 0.15) is 34.6 Å². The predicted molar refractivity (Wildman–Crippen MR) is 84.2 cm³/mol. The second-order valence-corrected chi connectivity index (χ2v) is 8.49. The molecule has 0 spiro atoms. The van der Waals surface area contributed by atoms with Crippen LogP contribution in [0.25, 0.3) is 0 Å². The Kier molecular flexibility index (Phi) is 6.23. The lowest BCUT2D eigenvalue weighted by Crippen LogP contribution is -2.59. The Bertz CT molecular complexity index is 474. The van der Waals surface area contributed by atoms with Crippen molar-refractivity contribution in [2.75, 3.05) is 32.5 Å². The number of carbonyl (C=O) groups excluding carboxylic acids is 1. The Morgan fingerprint density at radius 3 is 2.09 bits per heavy atom. The van der Waals surface area contributed by atoms with E-state index >= 15 is 0 Å². The van der Waals surface area contributed by atoms with E-state index in [1.165, 1.54) is 0 Å². The largest absolute Gasteiger partial charge is 0.444 e. The van der Waals surface area contributed by atoms with Crippen molar-refractivity contribution in [3.8, 4) is 0 Å². The van der Waals surface area contributed by atoms with Crippen LogP contribution in [0.15, 0.2) is 0 Å². The third kappa shape index (κ3) is 6.50. The normalized spacial score (nSPS) is 24.4. The van der Waals surface area contributed by atoms with Gasteiger partial charge in [-0.05, 0) is 34.6 Å². The number of piperazine rings is 1. The Labute approximate surface area is 133 Å². The van der Waals surface area contributed by atoms with Gasteiger partial charge in [0.05, 0.1) is 12.9 Å². The number of ether oxygens (including phenoxy) is 1. The van der Waals surface area contributed by atoms with Crippen LogP contribution in [0, 0.1) is 0 Å². The Hall–Kier alpha value is -0.860. The number of amides is 1. The molecule has 0 radical (unpaired) electrons. The van der Waals surface area contributed by atoms with Crippen LogP contribution in [0.2, 0.25) is 0 Å². The fourth-order valence-corrected chi connectivity index (χ4v) is 2.94. The topological polar surface area (TPSA) is 76.2 Å². The molecule has 1 aliphatic heterocycles. The summed E-state index contributed by atoms with van der Waals surface area (Å²) in [5.74, 6) is 0. The summed E-state index contributed by atoms with van der Waals surface area (Å²) >= 11 is 0. The molecule has 0 aromatic carbocycles. The molecule has 0 aromatic rings. The Morgan fingerprint density at radius 2 is 1.68 bits per heavy atom. The summed E-state index contributed by atoms with van der Waals surface area (Å²) in [5, 5.41) is 0. The number of hydrogen-bond donors (Lipinski definition) is 0. The van der Waals surface area contributed by atoms with Crippen molar-refractivity contribution in [3.63, 3.8) is 0 Å². The second-order valence-electron chi connectivity index (χ2n) is 6.85. The molecule has 0 N–H and O–H groups in total. The highest BCUT2D eigenvalue weighted by Crippen LogP contribution is 2.18. The second kappa shape index (κ2) is 7.14. The van der Waals surface area contributed by atoms with Crippen LogP contribution in [-0.4, -0.2) is 74.5 Å². The molecule has 1 amide bonds. The Balaban J connectivity index is 2.55. The average molecular weight is 336 g/mol. The molecule has 0 bridgehead atoms. The van der Waals surface area contributed by atoms with Crippen molar-refractivity contribution in [1.29, 1.82) is 0 Å². The van der Waals surface area contributed by atoms with Crippen LogP contribution in [-0.2, 0) is 19.0 Å². The van der Waals surface area contributed by atoms with E-state index in [-0.39, 0.29) is 24.8 Å². The SMILES string of the molecule is CC1CN(C(=O)OC(C)(C)C)CC(C)N1CCOS(C)(=O)=O. The Morgan fingerprint density at radius 1 is 1.18 bits per heavy atom. The maximum Gasteiger partial charge on any atom is 0.410 e. The zero-order chi connectivity index (χ0) is 17.1. The van der Waals surface area contributed by atoms with Crippen molar-refractivity contribution in [2.45, 2.75) is 52.3 Å². The molecule has 0 aromatic heterocycles. The molecule has 8 heteroatoms. The molecule has 0 aliphatic carbocycles. The molecule has 1 saturated heterocycles. The first kappa shape index (κ1) is 19.2. The lowest BCUT2D eigenvalue weighted by atomic mass is 10.1. The van der Waals surface area contributed by atoms with Gasteiger partial charge < -0.3 is 9.64 Å². The highest BCUT2D eigenvalue weighted by molar-refractivity contribution is 7.85. The van der Waals surface area contributed by atoms with Crippen molar-refractivity contribution in [2.24, 2.45) is 0 Å². The summed E-state index contributed by atoms with van der Waals surface area (Å²) < 4.78 is 32.2. The fourth-order valence-electron chi connectivity index (χ4n) is 2.57. The fraction of sp³-hybridized carbons (Fsp3) is 0.929. The first-order valence-electron chi connectivity index (χ1n) is 7.47. The van der Waals surface area contributed by atoms with E-state index < -0.39 is 15.7 Å².